The van der Waals surface area contributed by atoms with Crippen molar-refractivity contribution in [3.63, 3.8) is 0 Å². The van der Waals surface area contributed by atoms with Crippen LogP contribution in [0.1, 0.15) is 66.2 Å². The van der Waals surface area contributed by atoms with Crippen molar-refractivity contribution < 1.29 is 9.84 Å². The average molecular weight is 383 g/mol. The van der Waals surface area contributed by atoms with Crippen LogP contribution in [0.5, 0.6) is 0 Å². The lowest BCUT2D eigenvalue weighted by molar-refractivity contribution is 0.124. The molecule has 0 spiro atoms. The third-order valence-electron chi connectivity index (χ3n) is 5.23. The molecule has 0 unspecified atom stereocenters. The Morgan fingerprint density at radius 1 is 1.17 bits per heavy atom. The van der Waals surface area contributed by atoms with Gasteiger partial charge in [0.15, 0.2) is 0 Å². The summed E-state index contributed by atoms with van der Waals surface area (Å²) in [5.41, 5.74) is 5.60. The molecule has 0 radical (unpaired) electrons. The second kappa shape index (κ2) is 8.13. The summed E-state index contributed by atoms with van der Waals surface area (Å²) in [6, 6.07) is 0. The number of fused-ring (bicyclic) bond motifs is 1. The van der Waals surface area contributed by atoms with Crippen LogP contribution in [0, 0.1) is 0 Å². The molecule has 0 saturated heterocycles. The number of allylic oxidation sites excluding steroid dienone is 3. The van der Waals surface area contributed by atoms with E-state index in [4.69, 9.17) is 4.74 Å². The van der Waals surface area contributed by atoms with E-state index in [1.807, 2.05) is 0 Å². The highest BCUT2D eigenvalue weighted by atomic mass is 79.9. The van der Waals surface area contributed by atoms with Crippen LogP contribution in [0.4, 0.5) is 0 Å². The first-order valence-corrected chi connectivity index (χ1v) is 9.59. The Kier molecular flexibility index (Phi) is 6.70. The first-order valence-electron chi connectivity index (χ1n) is 8.79. The van der Waals surface area contributed by atoms with Crippen molar-refractivity contribution in [2.75, 3.05) is 6.61 Å². The molecule has 130 valence electrons. The van der Waals surface area contributed by atoms with Crippen LogP contribution in [0.3, 0.4) is 0 Å². The Morgan fingerprint density at radius 3 is 2.65 bits per heavy atom. The maximum atomic E-state index is 10.5. The molecule has 0 aromatic rings. The number of hydrogen-bond acceptors (Lipinski definition) is 2. The van der Waals surface area contributed by atoms with Crippen LogP contribution in [-0.2, 0) is 4.74 Å². The number of aliphatic hydroxyl groups excluding tert-OH is 1. The number of rotatable bonds is 0. The SMILES string of the molecule is CC1=C2CC/C(C)=C/CC[C@@](C)(Br)[C@@H](O)CC/C(C)=C/[C@@H]2OC1. The summed E-state index contributed by atoms with van der Waals surface area (Å²) < 4.78 is 5.75. The Morgan fingerprint density at radius 2 is 1.91 bits per heavy atom. The molecule has 0 bridgehead atoms. The molecular weight excluding hydrogens is 352 g/mol. The lowest BCUT2D eigenvalue weighted by atomic mass is 9.91. The molecule has 3 atom stereocenters. The van der Waals surface area contributed by atoms with Gasteiger partial charge in [-0.25, -0.2) is 0 Å². The zero-order valence-electron chi connectivity index (χ0n) is 15.0. The fourth-order valence-electron chi connectivity index (χ4n) is 3.36. The highest BCUT2D eigenvalue weighted by Crippen LogP contribution is 2.33. The van der Waals surface area contributed by atoms with Crippen LogP contribution in [0.15, 0.2) is 34.4 Å². The molecule has 0 aromatic carbocycles. The van der Waals surface area contributed by atoms with Crippen LogP contribution >= 0.6 is 15.9 Å². The Balaban J connectivity index is 2.20. The normalized spacial score (nSPS) is 39.0. The summed E-state index contributed by atoms with van der Waals surface area (Å²) in [7, 11) is 0. The zero-order chi connectivity index (χ0) is 17.0. The van der Waals surface area contributed by atoms with E-state index in [9.17, 15) is 5.11 Å². The molecule has 2 rings (SSSR count). The molecular formula is C20H31BrO2. The van der Waals surface area contributed by atoms with Gasteiger partial charge in [0.2, 0.25) is 0 Å². The summed E-state index contributed by atoms with van der Waals surface area (Å²) in [5.74, 6) is 0. The van der Waals surface area contributed by atoms with Crippen molar-refractivity contribution >= 4 is 15.9 Å². The van der Waals surface area contributed by atoms with Crippen molar-refractivity contribution in [2.24, 2.45) is 0 Å². The van der Waals surface area contributed by atoms with Crippen LogP contribution in [0.2, 0.25) is 0 Å². The van der Waals surface area contributed by atoms with Crippen LogP contribution in [0.25, 0.3) is 0 Å². The topological polar surface area (TPSA) is 29.5 Å². The molecule has 1 aliphatic heterocycles. The van der Waals surface area contributed by atoms with E-state index < -0.39 is 0 Å². The Hall–Kier alpha value is -0.380. The highest BCUT2D eigenvalue weighted by molar-refractivity contribution is 9.10. The molecule has 1 N–H and O–H groups in total. The first kappa shape index (κ1) is 19.0. The van der Waals surface area contributed by atoms with Gasteiger partial charge >= 0.3 is 0 Å². The highest BCUT2D eigenvalue weighted by Gasteiger charge is 2.29. The summed E-state index contributed by atoms with van der Waals surface area (Å²) in [4.78, 5) is 0. The summed E-state index contributed by atoms with van der Waals surface area (Å²) in [6.07, 6.45) is 10.3. The molecule has 3 heteroatoms. The van der Waals surface area contributed by atoms with E-state index in [1.165, 1.54) is 22.3 Å². The number of hydrogen-bond donors (Lipinski definition) is 1. The van der Waals surface area contributed by atoms with Gasteiger partial charge in [0.05, 0.1) is 18.8 Å². The molecule has 0 fully saturated rings. The Bertz CT molecular complexity index is 514. The van der Waals surface area contributed by atoms with Gasteiger partial charge in [-0.05, 0) is 77.4 Å². The standard InChI is InChI=1S/C20H31BrO2/c1-14-6-5-11-20(4,21)19(22)10-8-15(2)12-18-17(9-7-14)16(3)13-23-18/h6,12,18-19,22H,5,7-11,13H2,1-4H3/b14-6+,15-12+/t18-,19-,20+/m0/s1. The predicted molar refractivity (Wildman–Crippen MR) is 101 cm³/mol. The van der Waals surface area contributed by atoms with Gasteiger partial charge in [-0.1, -0.05) is 39.2 Å². The largest absolute Gasteiger partial charge is 0.392 e. The summed E-state index contributed by atoms with van der Waals surface area (Å²) in [6.45, 7) is 9.44. The summed E-state index contributed by atoms with van der Waals surface area (Å²) in [5, 5.41) is 10.5. The van der Waals surface area contributed by atoms with E-state index in [1.54, 1.807) is 0 Å². The van der Waals surface area contributed by atoms with E-state index in [0.717, 1.165) is 45.1 Å². The van der Waals surface area contributed by atoms with Gasteiger partial charge in [0, 0.05) is 4.32 Å². The maximum Gasteiger partial charge on any atom is 0.0977 e. The van der Waals surface area contributed by atoms with E-state index >= 15 is 0 Å². The lowest BCUT2D eigenvalue weighted by Gasteiger charge is -2.28. The van der Waals surface area contributed by atoms with Gasteiger partial charge in [0.25, 0.3) is 0 Å². The second-order valence-electron chi connectivity index (χ2n) is 7.47. The van der Waals surface area contributed by atoms with Gasteiger partial charge in [-0.3, -0.25) is 0 Å². The fourth-order valence-corrected chi connectivity index (χ4v) is 3.82. The van der Waals surface area contributed by atoms with Crippen molar-refractivity contribution in [3.05, 3.63) is 34.4 Å². The van der Waals surface area contributed by atoms with Gasteiger partial charge in [-0.15, -0.1) is 0 Å². The van der Waals surface area contributed by atoms with E-state index in [0.29, 0.717) is 0 Å². The smallest absolute Gasteiger partial charge is 0.0977 e. The number of alkyl halides is 1. The van der Waals surface area contributed by atoms with Crippen molar-refractivity contribution in [2.45, 2.75) is 82.8 Å². The minimum absolute atomic E-state index is 0.137. The third kappa shape index (κ3) is 5.30. The van der Waals surface area contributed by atoms with E-state index in [2.05, 4.69) is 55.8 Å². The predicted octanol–water partition coefficient (Wildman–Crippen LogP) is 5.46. The third-order valence-corrected chi connectivity index (χ3v) is 6.15. The van der Waals surface area contributed by atoms with Crippen molar-refractivity contribution in [3.8, 4) is 0 Å². The molecule has 2 aliphatic rings. The van der Waals surface area contributed by atoms with Gasteiger partial charge in [0.1, 0.15) is 0 Å². The van der Waals surface area contributed by atoms with Gasteiger partial charge < -0.3 is 9.84 Å². The Labute approximate surface area is 149 Å². The fraction of sp³-hybridized carbons (Fsp3) is 0.700. The average Bonchev–Trinajstić information content (AvgIpc) is 2.82. The minimum Gasteiger partial charge on any atom is -0.392 e. The van der Waals surface area contributed by atoms with Gasteiger partial charge in [-0.2, -0.15) is 0 Å². The molecule has 2 nitrogen and oxygen atoms in total. The molecule has 23 heavy (non-hydrogen) atoms. The molecule has 1 aliphatic carbocycles. The number of aliphatic hydroxyl groups is 1. The lowest BCUT2D eigenvalue weighted by Crippen LogP contribution is -2.33. The molecule has 0 amide bonds. The zero-order valence-corrected chi connectivity index (χ0v) is 16.6. The number of halogens is 1. The quantitative estimate of drug-likeness (QED) is 0.444. The molecule has 0 aromatic heterocycles. The van der Waals surface area contributed by atoms with Crippen LogP contribution in [-0.4, -0.2) is 28.2 Å². The molecule has 1 heterocycles. The van der Waals surface area contributed by atoms with E-state index in [-0.39, 0.29) is 16.5 Å². The summed E-state index contributed by atoms with van der Waals surface area (Å²) >= 11 is 3.74. The number of ether oxygens (including phenoxy) is 1. The second-order valence-corrected chi connectivity index (χ2v) is 9.28. The van der Waals surface area contributed by atoms with Crippen molar-refractivity contribution in [1.82, 2.24) is 0 Å². The minimum atomic E-state index is -0.330. The van der Waals surface area contributed by atoms with Crippen LogP contribution < -0.4 is 0 Å². The monoisotopic (exact) mass is 382 g/mol. The van der Waals surface area contributed by atoms with Crippen molar-refractivity contribution in [1.29, 1.82) is 0 Å². The maximum absolute atomic E-state index is 10.5. The molecule has 0 saturated carbocycles. The first-order chi connectivity index (χ1) is 10.8.